The van der Waals surface area contributed by atoms with E-state index in [1.165, 1.54) is 0 Å². The summed E-state index contributed by atoms with van der Waals surface area (Å²) in [5.41, 5.74) is 6.90. The Hall–Kier alpha value is -0.970. The van der Waals surface area contributed by atoms with Crippen LogP contribution in [0.25, 0.3) is 0 Å². The van der Waals surface area contributed by atoms with Crippen molar-refractivity contribution >= 4 is 35.0 Å². The first kappa shape index (κ1) is 15.4. The quantitative estimate of drug-likeness (QED) is 0.782. The van der Waals surface area contributed by atoms with E-state index in [-0.39, 0.29) is 6.04 Å². The van der Waals surface area contributed by atoms with Gasteiger partial charge in [-0.1, -0.05) is 23.2 Å². The zero-order valence-corrected chi connectivity index (χ0v) is 13.3. The van der Waals surface area contributed by atoms with Crippen LogP contribution in [0.4, 0.5) is 10.5 Å². The second-order valence-electron chi connectivity index (χ2n) is 5.85. The highest BCUT2D eigenvalue weighted by Gasteiger charge is 2.31. The molecule has 1 aromatic rings. The van der Waals surface area contributed by atoms with Gasteiger partial charge >= 0.3 is 6.09 Å². The number of rotatable bonds is 0. The summed E-state index contributed by atoms with van der Waals surface area (Å²) in [4.78, 5) is 13.8. The SMILES string of the molecule is CC(C)(C)OC(=O)N1CC[C@H](N)c2c(Cl)cc(Cl)cc21. The molecule has 1 aromatic carbocycles. The number of ether oxygens (including phenoxy) is 1. The fourth-order valence-electron chi connectivity index (χ4n) is 2.20. The molecule has 0 radical (unpaired) electrons. The normalized spacial score (nSPS) is 18.7. The molecule has 1 amide bonds. The van der Waals surface area contributed by atoms with E-state index in [2.05, 4.69) is 0 Å². The predicted molar refractivity (Wildman–Crippen MR) is 81.6 cm³/mol. The van der Waals surface area contributed by atoms with Crippen LogP contribution in [0.1, 0.15) is 38.8 Å². The number of halogens is 2. The Bertz CT molecular complexity index is 541. The third kappa shape index (κ3) is 3.19. The van der Waals surface area contributed by atoms with Crippen LogP contribution in [-0.4, -0.2) is 18.2 Å². The Balaban J connectivity index is 2.41. The first-order valence-electron chi connectivity index (χ1n) is 6.44. The van der Waals surface area contributed by atoms with E-state index in [1.807, 2.05) is 20.8 Å². The molecule has 1 aliphatic rings. The van der Waals surface area contributed by atoms with Crippen molar-refractivity contribution in [3.63, 3.8) is 0 Å². The van der Waals surface area contributed by atoms with Crippen molar-refractivity contribution < 1.29 is 9.53 Å². The molecule has 0 aromatic heterocycles. The lowest BCUT2D eigenvalue weighted by atomic mass is 9.97. The summed E-state index contributed by atoms with van der Waals surface area (Å²) in [7, 11) is 0. The summed E-state index contributed by atoms with van der Waals surface area (Å²) in [5, 5.41) is 0.949. The summed E-state index contributed by atoms with van der Waals surface area (Å²) in [6.45, 7) is 5.96. The minimum absolute atomic E-state index is 0.201. The number of benzene rings is 1. The summed E-state index contributed by atoms with van der Waals surface area (Å²) in [6, 6.07) is 3.14. The van der Waals surface area contributed by atoms with Gasteiger partial charge in [-0.3, -0.25) is 4.90 Å². The van der Waals surface area contributed by atoms with Crippen LogP contribution in [0.5, 0.6) is 0 Å². The fraction of sp³-hybridized carbons (Fsp3) is 0.500. The number of hydrogen-bond donors (Lipinski definition) is 1. The highest BCUT2D eigenvalue weighted by atomic mass is 35.5. The molecular formula is C14H18Cl2N2O2. The average Bonchev–Trinajstić information content (AvgIpc) is 2.25. The third-order valence-corrected chi connectivity index (χ3v) is 3.54. The number of anilines is 1. The molecule has 0 unspecified atom stereocenters. The van der Waals surface area contributed by atoms with Crippen LogP contribution in [0.15, 0.2) is 12.1 Å². The molecule has 1 heterocycles. The molecule has 1 atom stereocenters. The van der Waals surface area contributed by atoms with Crippen LogP contribution in [0.2, 0.25) is 10.0 Å². The largest absolute Gasteiger partial charge is 0.443 e. The maximum absolute atomic E-state index is 12.3. The number of carbonyl (C=O) groups excluding carboxylic acids is 1. The van der Waals surface area contributed by atoms with Gasteiger partial charge in [-0.05, 0) is 39.3 Å². The standard InChI is InChI=1S/C14H18Cl2N2O2/c1-14(2,3)20-13(19)18-5-4-10(17)12-9(16)6-8(15)7-11(12)18/h6-7,10H,4-5,17H2,1-3H3/t10-/m0/s1. The minimum Gasteiger partial charge on any atom is -0.443 e. The molecule has 0 saturated heterocycles. The van der Waals surface area contributed by atoms with Gasteiger partial charge in [0.15, 0.2) is 0 Å². The lowest BCUT2D eigenvalue weighted by Gasteiger charge is -2.34. The molecule has 0 bridgehead atoms. The van der Waals surface area contributed by atoms with Crippen molar-refractivity contribution in [1.29, 1.82) is 0 Å². The van der Waals surface area contributed by atoms with E-state index in [0.29, 0.717) is 28.7 Å². The smallest absolute Gasteiger partial charge is 0.414 e. The highest BCUT2D eigenvalue weighted by Crippen LogP contribution is 2.40. The predicted octanol–water partition coefficient (Wildman–Crippen LogP) is 4.14. The van der Waals surface area contributed by atoms with Gasteiger partial charge in [-0.25, -0.2) is 4.79 Å². The van der Waals surface area contributed by atoms with Crippen LogP contribution in [-0.2, 0) is 4.74 Å². The van der Waals surface area contributed by atoms with Crippen molar-refractivity contribution in [3.8, 4) is 0 Å². The summed E-state index contributed by atoms with van der Waals surface area (Å²) in [6.07, 6.45) is 0.220. The van der Waals surface area contributed by atoms with Crippen molar-refractivity contribution in [2.75, 3.05) is 11.4 Å². The molecule has 20 heavy (non-hydrogen) atoms. The Morgan fingerprint density at radius 3 is 2.65 bits per heavy atom. The van der Waals surface area contributed by atoms with Gasteiger partial charge in [0, 0.05) is 28.2 Å². The van der Waals surface area contributed by atoms with Gasteiger partial charge in [0.25, 0.3) is 0 Å². The molecule has 110 valence electrons. The molecule has 2 N–H and O–H groups in total. The van der Waals surface area contributed by atoms with Crippen LogP contribution in [0, 0.1) is 0 Å². The summed E-state index contributed by atoms with van der Waals surface area (Å²) >= 11 is 12.2. The summed E-state index contributed by atoms with van der Waals surface area (Å²) in [5.74, 6) is 0. The van der Waals surface area contributed by atoms with Crippen LogP contribution in [0.3, 0.4) is 0 Å². The monoisotopic (exact) mass is 316 g/mol. The number of nitrogens with zero attached hydrogens (tertiary/aromatic N) is 1. The molecular weight excluding hydrogens is 299 g/mol. The number of hydrogen-bond acceptors (Lipinski definition) is 3. The molecule has 6 heteroatoms. The number of nitrogens with two attached hydrogens (primary N) is 1. The maximum atomic E-state index is 12.3. The molecule has 0 fully saturated rings. The lowest BCUT2D eigenvalue weighted by Crippen LogP contribution is -2.41. The first-order chi connectivity index (χ1) is 9.19. The zero-order chi connectivity index (χ0) is 15.1. The Morgan fingerprint density at radius 2 is 2.05 bits per heavy atom. The van der Waals surface area contributed by atoms with E-state index >= 15 is 0 Å². The minimum atomic E-state index is -0.556. The van der Waals surface area contributed by atoms with Gasteiger partial charge in [0.1, 0.15) is 5.60 Å². The van der Waals surface area contributed by atoms with E-state index in [0.717, 1.165) is 5.56 Å². The fourth-order valence-corrected chi connectivity index (χ4v) is 2.82. The molecule has 0 saturated carbocycles. The molecule has 2 rings (SSSR count). The topological polar surface area (TPSA) is 55.6 Å². The number of fused-ring (bicyclic) bond motifs is 1. The van der Waals surface area contributed by atoms with Gasteiger partial charge in [0.2, 0.25) is 0 Å². The molecule has 0 spiro atoms. The van der Waals surface area contributed by atoms with Crippen LogP contribution < -0.4 is 10.6 Å². The molecule has 4 nitrogen and oxygen atoms in total. The van der Waals surface area contributed by atoms with Gasteiger partial charge < -0.3 is 10.5 Å². The Labute approximate surface area is 128 Å². The van der Waals surface area contributed by atoms with Gasteiger partial charge in [-0.2, -0.15) is 0 Å². The summed E-state index contributed by atoms with van der Waals surface area (Å²) < 4.78 is 5.41. The third-order valence-electron chi connectivity index (χ3n) is 3.01. The van der Waals surface area contributed by atoms with Gasteiger partial charge in [-0.15, -0.1) is 0 Å². The Morgan fingerprint density at radius 1 is 1.40 bits per heavy atom. The number of carbonyl (C=O) groups is 1. The molecule has 0 aliphatic carbocycles. The maximum Gasteiger partial charge on any atom is 0.414 e. The van der Waals surface area contributed by atoms with E-state index < -0.39 is 11.7 Å². The number of amides is 1. The highest BCUT2D eigenvalue weighted by molar-refractivity contribution is 6.35. The molecule has 1 aliphatic heterocycles. The van der Waals surface area contributed by atoms with E-state index in [9.17, 15) is 4.79 Å². The average molecular weight is 317 g/mol. The Kier molecular flexibility index (Phi) is 4.19. The zero-order valence-electron chi connectivity index (χ0n) is 11.7. The van der Waals surface area contributed by atoms with Gasteiger partial charge in [0.05, 0.1) is 5.69 Å². The second-order valence-corrected chi connectivity index (χ2v) is 6.69. The van der Waals surface area contributed by atoms with E-state index in [1.54, 1.807) is 17.0 Å². The van der Waals surface area contributed by atoms with Crippen molar-refractivity contribution in [1.82, 2.24) is 0 Å². The van der Waals surface area contributed by atoms with E-state index in [4.69, 9.17) is 33.7 Å². The lowest BCUT2D eigenvalue weighted by molar-refractivity contribution is 0.0576. The van der Waals surface area contributed by atoms with Crippen molar-refractivity contribution in [2.24, 2.45) is 5.73 Å². The van der Waals surface area contributed by atoms with Crippen molar-refractivity contribution in [3.05, 3.63) is 27.7 Å². The first-order valence-corrected chi connectivity index (χ1v) is 7.19. The second kappa shape index (κ2) is 5.43. The van der Waals surface area contributed by atoms with Crippen LogP contribution >= 0.6 is 23.2 Å². The van der Waals surface area contributed by atoms with Crippen molar-refractivity contribution in [2.45, 2.75) is 38.8 Å².